The lowest BCUT2D eigenvalue weighted by Crippen LogP contribution is -2.56. The number of benzene rings is 5. The van der Waals surface area contributed by atoms with E-state index in [-0.39, 0.29) is 5.41 Å². The maximum absolute atomic E-state index is 5.52. The number of nitrogens with zero attached hydrogens (tertiary/aromatic N) is 2. The van der Waals surface area contributed by atoms with Gasteiger partial charge in [0.05, 0.1) is 27.6 Å². The molecule has 4 aliphatic carbocycles. The van der Waals surface area contributed by atoms with Crippen molar-refractivity contribution in [2.75, 3.05) is 6.16 Å². The molecule has 4 heteroatoms. The van der Waals surface area contributed by atoms with Crippen LogP contribution in [-0.2, 0) is 10.6 Å². The third-order valence-electron chi connectivity index (χ3n) is 13.1. The lowest BCUT2D eigenvalue weighted by atomic mass is 9.43. The van der Waals surface area contributed by atoms with Gasteiger partial charge in [0.2, 0.25) is 0 Å². The smallest absolute Gasteiger partial charge is 0.0936 e. The van der Waals surface area contributed by atoms with Crippen molar-refractivity contribution in [1.82, 2.24) is 9.97 Å². The molecule has 4 aliphatic rings. The van der Waals surface area contributed by atoms with Crippen LogP contribution in [0.1, 0.15) is 54.6 Å². The van der Waals surface area contributed by atoms with E-state index in [1.807, 2.05) is 0 Å². The van der Waals surface area contributed by atoms with Gasteiger partial charge in [-0.3, -0.25) is 9.97 Å². The third kappa shape index (κ3) is 5.13. The molecule has 52 heavy (non-hydrogen) atoms. The Morgan fingerprint density at radius 3 is 1.62 bits per heavy atom. The molecule has 2 nitrogen and oxygen atoms in total. The van der Waals surface area contributed by atoms with Gasteiger partial charge in [0.15, 0.2) is 0 Å². The number of rotatable bonds is 7. The second-order valence-corrected chi connectivity index (χ2v) is 17.2. The monoisotopic (exact) mass is 710 g/mol. The first-order valence-electron chi connectivity index (χ1n) is 19.0. The summed E-state index contributed by atoms with van der Waals surface area (Å²) in [5.74, 6) is 2.99. The molecule has 5 unspecified atom stereocenters. The zero-order valence-electron chi connectivity index (χ0n) is 29.5. The fourth-order valence-electron chi connectivity index (χ4n) is 11.0. The maximum Gasteiger partial charge on any atom is 0.0936 e. The Bertz CT molecular complexity index is 2350. The van der Waals surface area contributed by atoms with Crippen molar-refractivity contribution in [3.8, 4) is 22.3 Å². The largest absolute Gasteiger partial charge is 0.251 e. The van der Waals surface area contributed by atoms with E-state index in [0.29, 0.717) is 5.92 Å². The second-order valence-electron chi connectivity index (χ2n) is 15.9. The number of pyridine rings is 2. The first-order chi connectivity index (χ1) is 25.5. The van der Waals surface area contributed by atoms with Crippen LogP contribution in [0.3, 0.4) is 0 Å². The van der Waals surface area contributed by atoms with E-state index < -0.39 is 5.16 Å². The lowest BCUT2D eigenvalue weighted by molar-refractivity contribution is -0.0521. The summed E-state index contributed by atoms with van der Waals surface area (Å²) in [5.41, 5.74) is 12.0. The van der Waals surface area contributed by atoms with E-state index in [1.54, 1.807) is 0 Å². The van der Waals surface area contributed by atoms with Gasteiger partial charge in [0.1, 0.15) is 0 Å². The first kappa shape index (κ1) is 32.4. The molecule has 4 fully saturated rings. The molecule has 0 amide bonds. The molecule has 5 atom stereocenters. The minimum absolute atomic E-state index is 0.0834. The van der Waals surface area contributed by atoms with Crippen molar-refractivity contribution in [3.05, 3.63) is 168 Å². The molecule has 4 saturated carbocycles. The van der Waals surface area contributed by atoms with Gasteiger partial charge in [-0.15, -0.1) is 18.5 Å². The Balaban J connectivity index is 1.34. The summed E-state index contributed by atoms with van der Waals surface area (Å²) in [6, 6.07) is 53.4. The summed E-state index contributed by atoms with van der Waals surface area (Å²) in [6.45, 7) is 0. The third-order valence-corrected chi connectivity index (χ3v) is 14.5. The van der Waals surface area contributed by atoms with Gasteiger partial charge in [-0.2, -0.15) is 0 Å². The van der Waals surface area contributed by atoms with Crippen molar-refractivity contribution >= 4 is 40.3 Å². The summed E-state index contributed by atoms with van der Waals surface area (Å²) in [5, 5.41) is 1.59. The van der Waals surface area contributed by atoms with Gasteiger partial charge in [-0.05, 0) is 137 Å². The average Bonchev–Trinajstić information content (AvgIpc) is 3.20. The molecular weight excluding hydrogens is 666 g/mol. The average molecular weight is 711 g/mol. The molecule has 2 aromatic heterocycles. The van der Waals surface area contributed by atoms with Gasteiger partial charge in [-0.25, -0.2) is 0 Å². The summed E-state index contributed by atoms with van der Waals surface area (Å²) < 4.78 is 0. The zero-order chi connectivity index (χ0) is 34.9. The van der Waals surface area contributed by atoms with Crippen LogP contribution >= 0.6 is 18.5 Å². The summed E-state index contributed by atoms with van der Waals surface area (Å²) in [7, 11) is 6.61. The highest BCUT2D eigenvalue weighted by Gasteiger charge is 2.58. The second kappa shape index (κ2) is 12.7. The number of fused-ring (bicyclic) bond motifs is 2. The number of aromatic nitrogens is 2. The van der Waals surface area contributed by atoms with Crippen LogP contribution in [0.2, 0.25) is 0 Å². The molecule has 0 spiro atoms. The number of hydrogen-bond acceptors (Lipinski definition) is 2. The predicted octanol–water partition coefficient (Wildman–Crippen LogP) is 11.9. The molecule has 2 heterocycles. The van der Waals surface area contributed by atoms with Crippen LogP contribution in [0.4, 0.5) is 0 Å². The fraction of sp³-hybridized carbons (Fsp3) is 0.250. The van der Waals surface area contributed by atoms with Crippen molar-refractivity contribution < 1.29 is 0 Å². The SMILES string of the molecule is PCC1C2CC3CC(C2)CC1(c1cc(-c2ccccc2)c(-c2ccccc2)cc1C(P)(c1ccc2ccccc2n1)c1ccc2ccccc2n1)C3. The molecular formula is C48H44N2P2. The quantitative estimate of drug-likeness (QED) is 0.154. The Kier molecular flexibility index (Phi) is 7.94. The first-order valence-corrected chi connectivity index (χ1v) is 20.4. The van der Waals surface area contributed by atoms with Crippen molar-refractivity contribution in [3.63, 3.8) is 0 Å². The molecule has 0 N–H and O–H groups in total. The highest BCUT2D eigenvalue weighted by Crippen LogP contribution is 2.66. The Hall–Kier alpha value is -4.22. The topological polar surface area (TPSA) is 25.8 Å². The Morgan fingerprint density at radius 1 is 0.577 bits per heavy atom. The van der Waals surface area contributed by atoms with Crippen LogP contribution in [-0.4, -0.2) is 16.1 Å². The summed E-state index contributed by atoms with van der Waals surface area (Å²) in [6.07, 6.45) is 7.85. The Labute approximate surface area is 311 Å². The summed E-state index contributed by atoms with van der Waals surface area (Å²) in [4.78, 5) is 11.0. The molecule has 0 saturated heterocycles. The zero-order valence-corrected chi connectivity index (χ0v) is 31.8. The van der Waals surface area contributed by atoms with Crippen molar-refractivity contribution in [2.24, 2.45) is 23.7 Å². The molecule has 0 aliphatic heterocycles. The standard InChI is InChI=1S/C48H44N2P2/c51-30-42-37-24-31-23-32(25-37)29-47(42,28-31)40-26-38(33-11-3-1-4-12-33)39(34-13-5-2-6-14-34)27-41(40)48(52,45-21-19-35-15-7-9-17-43(35)49-45)46-22-20-36-16-8-10-18-44(36)50-46/h1-22,26-27,31-32,37,42H,23-25,28-30,51-52H2. The highest BCUT2D eigenvalue weighted by molar-refractivity contribution is 7.19. The summed E-state index contributed by atoms with van der Waals surface area (Å²) >= 11 is 0. The Morgan fingerprint density at radius 2 is 1.08 bits per heavy atom. The molecule has 256 valence electrons. The van der Waals surface area contributed by atoms with Gasteiger partial charge < -0.3 is 0 Å². The van der Waals surface area contributed by atoms with Crippen LogP contribution in [0.15, 0.2) is 146 Å². The maximum atomic E-state index is 5.52. The number of para-hydroxylation sites is 2. The fourth-order valence-corrected chi connectivity index (χ4v) is 12.4. The van der Waals surface area contributed by atoms with Crippen LogP contribution in [0.25, 0.3) is 44.1 Å². The van der Waals surface area contributed by atoms with E-state index in [4.69, 9.17) is 9.97 Å². The van der Waals surface area contributed by atoms with E-state index >= 15 is 0 Å². The van der Waals surface area contributed by atoms with Gasteiger partial charge in [-0.1, -0.05) is 109 Å². The van der Waals surface area contributed by atoms with Crippen LogP contribution in [0.5, 0.6) is 0 Å². The molecule has 7 aromatic rings. The minimum atomic E-state index is -0.711. The van der Waals surface area contributed by atoms with Crippen molar-refractivity contribution in [2.45, 2.75) is 42.7 Å². The highest BCUT2D eigenvalue weighted by atomic mass is 31.0. The van der Waals surface area contributed by atoms with E-state index in [2.05, 4.69) is 164 Å². The van der Waals surface area contributed by atoms with E-state index in [9.17, 15) is 0 Å². The van der Waals surface area contributed by atoms with E-state index in [0.717, 1.165) is 57.1 Å². The normalized spacial score (nSPS) is 23.7. The molecule has 4 bridgehead atoms. The van der Waals surface area contributed by atoms with Crippen LogP contribution < -0.4 is 0 Å². The lowest BCUT2D eigenvalue weighted by Gasteiger charge is -2.62. The van der Waals surface area contributed by atoms with Gasteiger partial charge >= 0.3 is 0 Å². The van der Waals surface area contributed by atoms with E-state index in [1.165, 1.54) is 65.5 Å². The molecule has 0 radical (unpaired) electrons. The van der Waals surface area contributed by atoms with Gasteiger partial charge in [0.25, 0.3) is 0 Å². The van der Waals surface area contributed by atoms with Gasteiger partial charge in [0, 0.05) is 10.8 Å². The predicted molar refractivity (Wildman–Crippen MR) is 224 cm³/mol. The number of hydrogen-bond donors (Lipinski definition) is 0. The molecule has 11 rings (SSSR count). The van der Waals surface area contributed by atoms with Crippen molar-refractivity contribution in [1.29, 1.82) is 0 Å². The van der Waals surface area contributed by atoms with Crippen LogP contribution in [0, 0.1) is 23.7 Å². The molecule has 5 aromatic carbocycles. The minimum Gasteiger partial charge on any atom is -0.251 e.